The van der Waals surface area contributed by atoms with E-state index < -0.39 is 10.1 Å². The molecule has 0 unspecified atom stereocenters. The molecule has 3 nitrogen and oxygen atoms in total. The van der Waals surface area contributed by atoms with Gasteiger partial charge in [0.2, 0.25) is 0 Å². The van der Waals surface area contributed by atoms with Crippen molar-refractivity contribution >= 4 is 10.1 Å². The highest BCUT2D eigenvalue weighted by Crippen LogP contribution is 2.29. The Morgan fingerprint density at radius 3 is 2.36 bits per heavy atom. The van der Waals surface area contributed by atoms with Gasteiger partial charge in [-0.05, 0) is 11.6 Å². The van der Waals surface area contributed by atoms with Gasteiger partial charge >= 0.3 is 0 Å². The molecule has 0 aromatic carbocycles. The molecule has 0 fully saturated rings. The van der Waals surface area contributed by atoms with Crippen LogP contribution in [0.25, 0.3) is 11.1 Å². The Kier molecular flexibility index (Phi) is 2.02. The van der Waals surface area contributed by atoms with E-state index in [1.54, 1.807) is 30.3 Å². The van der Waals surface area contributed by atoms with E-state index in [0.717, 1.165) is 5.56 Å². The van der Waals surface area contributed by atoms with Gasteiger partial charge in [-0.1, -0.05) is 36.4 Å². The van der Waals surface area contributed by atoms with E-state index in [0.29, 0.717) is 5.56 Å². The van der Waals surface area contributed by atoms with Crippen molar-refractivity contribution in [3.63, 3.8) is 0 Å². The molecule has 4 heteroatoms. The van der Waals surface area contributed by atoms with Gasteiger partial charge in [-0.3, -0.25) is 4.55 Å². The molecule has 0 amide bonds. The second-order valence-corrected chi connectivity index (χ2v) is 4.34. The molecule has 72 valence electrons. The van der Waals surface area contributed by atoms with Crippen LogP contribution in [0.1, 0.15) is 0 Å². The molecule has 0 heterocycles. The van der Waals surface area contributed by atoms with Gasteiger partial charge in [0, 0.05) is 5.56 Å². The van der Waals surface area contributed by atoms with Crippen LogP contribution in [-0.4, -0.2) is 13.0 Å². The zero-order chi connectivity index (χ0) is 10.2. The molecule has 0 aliphatic heterocycles. The molecule has 2 rings (SSSR count). The van der Waals surface area contributed by atoms with E-state index in [-0.39, 0.29) is 4.90 Å². The smallest absolute Gasteiger partial charge is 0.282 e. The van der Waals surface area contributed by atoms with Crippen LogP contribution in [-0.2, 0) is 10.1 Å². The third kappa shape index (κ3) is 1.49. The number of fused-ring (bicyclic) bond motifs is 1. The van der Waals surface area contributed by atoms with Crippen molar-refractivity contribution < 1.29 is 13.0 Å². The van der Waals surface area contributed by atoms with Gasteiger partial charge in [0.1, 0.15) is 4.90 Å². The molecule has 0 atom stereocenters. The summed E-state index contributed by atoms with van der Waals surface area (Å²) in [6, 6.07) is 11.9. The van der Waals surface area contributed by atoms with E-state index in [9.17, 15) is 8.42 Å². The highest BCUT2D eigenvalue weighted by molar-refractivity contribution is 7.86. The second-order valence-electron chi connectivity index (χ2n) is 2.95. The van der Waals surface area contributed by atoms with Crippen molar-refractivity contribution in [1.82, 2.24) is 0 Å². The molecule has 0 spiro atoms. The van der Waals surface area contributed by atoms with Crippen molar-refractivity contribution in [1.29, 1.82) is 0 Å². The summed E-state index contributed by atoms with van der Waals surface area (Å²) in [6.07, 6.45) is 0. The van der Waals surface area contributed by atoms with Crippen LogP contribution in [0.2, 0.25) is 0 Å². The van der Waals surface area contributed by atoms with Gasteiger partial charge in [-0.15, -0.1) is 0 Å². The van der Waals surface area contributed by atoms with Crippen LogP contribution in [0.15, 0.2) is 47.4 Å². The lowest BCUT2D eigenvalue weighted by atomic mass is 10.2. The van der Waals surface area contributed by atoms with E-state index >= 15 is 0 Å². The van der Waals surface area contributed by atoms with Gasteiger partial charge in [0.15, 0.2) is 0 Å². The standard InChI is InChI=1S/C10H8O3S/c11-14(12,13)10-7-6-8-4-2-1-3-5-9(8)10/h1-7H,(H,11,12,13). The van der Waals surface area contributed by atoms with Gasteiger partial charge in [0.05, 0.1) is 0 Å². The van der Waals surface area contributed by atoms with Crippen molar-refractivity contribution in [3.8, 4) is 11.1 Å². The Morgan fingerprint density at radius 1 is 0.929 bits per heavy atom. The largest absolute Gasteiger partial charge is 0.295 e. The average molecular weight is 208 g/mol. The Hall–Kier alpha value is -1.39. The molecule has 0 bridgehead atoms. The molecule has 0 saturated carbocycles. The van der Waals surface area contributed by atoms with Crippen molar-refractivity contribution in [2.75, 3.05) is 0 Å². The Bertz CT molecular complexity index is 531. The maximum absolute atomic E-state index is 11.0. The number of hydrogen-bond donors (Lipinski definition) is 1. The summed E-state index contributed by atoms with van der Waals surface area (Å²) in [7, 11) is -4.12. The first-order chi connectivity index (χ1) is 6.59. The second kappa shape index (κ2) is 3.08. The molecule has 0 saturated heterocycles. The summed E-state index contributed by atoms with van der Waals surface area (Å²) in [5, 5.41) is 0. The highest BCUT2D eigenvalue weighted by Gasteiger charge is 2.17. The normalized spacial score (nSPS) is 11.8. The molecule has 0 aromatic heterocycles. The van der Waals surface area contributed by atoms with Gasteiger partial charge in [-0.25, -0.2) is 0 Å². The van der Waals surface area contributed by atoms with Crippen LogP contribution < -0.4 is 0 Å². The number of hydrogen-bond acceptors (Lipinski definition) is 2. The highest BCUT2D eigenvalue weighted by atomic mass is 32.2. The molecule has 0 radical (unpaired) electrons. The Labute approximate surface area is 82.1 Å². The summed E-state index contributed by atoms with van der Waals surface area (Å²) in [5.41, 5.74) is 1.33. The minimum Gasteiger partial charge on any atom is -0.282 e. The molecule has 2 aliphatic rings. The van der Waals surface area contributed by atoms with Crippen LogP contribution >= 0.6 is 0 Å². The molecule has 2 aliphatic carbocycles. The van der Waals surface area contributed by atoms with Gasteiger partial charge < -0.3 is 0 Å². The third-order valence-electron chi connectivity index (χ3n) is 2.03. The molecule has 0 aromatic rings. The first-order valence-electron chi connectivity index (χ1n) is 4.04. The predicted octanol–water partition coefficient (Wildman–Crippen LogP) is 2.04. The number of rotatable bonds is 1. The summed E-state index contributed by atoms with van der Waals surface area (Å²) in [6.45, 7) is 0. The summed E-state index contributed by atoms with van der Waals surface area (Å²) >= 11 is 0. The fourth-order valence-corrected chi connectivity index (χ4v) is 2.11. The Morgan fingerprint density at radius 2 is 1.64 bits per heavy atom. The average Bonchev–Trinajstić information content (AvgIpc) is 2.36. The van der Waals surface area contributed by atoms with Crippen LogP contribution in [0.5, 0.6) is 0 Å². The Balaban J connectivity index is 2.77. The van der Waals surface area contributed by atoms with E-state index in [2.05, 4.69) is 0 Å². The SMILES string of the molecule is O=S(=O)(O)c1ccc2cccccc1-2. The molecule has 1 N–H and O–H groups in total. The first kappa shape index (κ1) is 9.18. The zero-order valence-corrected chi connectivity index (χ0v) is 8.03. The molecule has 14 heavy (non-hydrogen) atoms. The van der Waals surface area contributed by atoms with Crippen molar-refractivity contribution in [3.05, 3.63) is 42.5 Å². The van der Waals surface area contributed by atoms with Crippen molar-refractivity contribution in [2.45, 2.75) is 4.90 Å². The van der Waals surface area contributed by atoms with Crippen LogP contribution in [0.3, 0.4) is 0 Å². The maximum Gasteiger partial charge on any atom is 0.295 e. The van der Waals surface area contributed by atoms with E-state index in [4.69, 9.17) is 4.55 Å². The van der Waals surface area contributed by atoms with E-state index in [1.165, 1.54) is 6.07 Å². The minimum absolute atomic E-state index is 0.0382. The first-order valence-corrected chi connectivity index (χ1v) is 5.48. The predicted molar refractivity (Wildman–Crippen MR) is 52.9 cm³/mol. The van der Waals surface area contributed by atoms with Crippen LogP contribution in [0, 0.1) is 0 Å². The van der Waals surface area contributed by atoms with Crippen LogP contribution in [0.4, 0.5) is 0 Å². The fourth-order valence-electron chi connectivity index (χ4n) is 1.41. The third-order valence-corrected chi connectivity index (χ3v) is 2.94. The minimum atomic E-state index is -4.12. The monoisotopic (exact) mass is 208 g/mol. The quantitative estimate of drug-likeness (QED) is 0.729. The lowest BCUT2D eigenvalue weighted by Gasteiger charge is -1.96. The van der Waals surface area contributed by atoms with Crippen molar-refractivity contribution in [2.24, 2.45) is 0 Å². The zero-order valence-electron chi connectivity index (χ0n) is 7.21. The summed E-state index contributed by atoms with van der Waals surface area (Å²) in [5.74, 6) is 0. The maximum atomic E-state index is 11.0. The van der Waals surface area contributed by atoms with Gasteiger partial charge in [0.25, 0.3) is 10.1 Å². The summed E-state index contributed by atoms with van der Waals surface area (Å²) < 4.78 is 30.9. The fraction of sp³-hybridized carbons (Fsp3) is 0. The molecular formula is C10H8O3S. The summed E-state index contributed by atoms with van der Waals surface area (Å²) in [4.78, 5) is -0.0382. The topological polar surface area (TPSA) is 54.4 Å². The lowest BCUT2D eigenvalue weighted by Crippen LogP contribution is -1.96. The molecular weight excluding hydrogens is 200 g/mol. The van der Waals surface area contributed by atoms with E-state index in [1.807, 2.05) is 6.07 Å². The van der Waals surface area contributed by atoms with Gasteiger partial charge in [-0.2, -0.15) is 8.42 Å². The lowest BCUT2D eigenvalue weighted by molar-refractivity contribution is 0.484.